The summed E-state index contributed by atoms with van der Waals surface area (Å²) in [6.07, 6.45) is 6.53. The van der Waals surface area contributed by atoms with Crippen molar-refractivity contribution in [1.29, 1.82) is 0 Å². The molecule has 0 spiro atoms. The summed E-state index contributed by atoms with van der Waals surface area (Å²) in [6, 6.07) is 7.67. The Bertz CT molecular complexity index is 776. The van der Waals surface area contributed by atoms with Crippen LogP contribution in [0.2, 0.25) is 0 Å². The lowest BCUT2D eigenvalue weighted by Gasteiger charge is -2.40. The van der Waals surface area contributed by atoms with Gasteiger partial charge in [-0.2, -0.15) is 0 Å². The number of para-hydroxylation sites is 2. The minimum Gasteiger partial charge on any atom is -0.491 e. The van der Waals surface area contributed by atoms with Gasteiger partial charge in [0.15, 0.2) is 0 Å². The third-order valence-electron chi connectivity index (χ3n) is 8.88. The fourth-order valence-corrected chi connectivity index (χ4v) is 6.39. The zero-order valence-electron chi connectivity index (χ0n) is 21.8. The molecule has 0 saturated heterocycles. The van der Waals surface area contributed by atoms with Crippen LogP contribution in [0.1, 0.15) is 80.1 Å². The molecule has 0 aromatic heterocycles. The molecular formula is C28H46N2O3. The highest BCUT2D eigenvalue weighted by Crippen LogP contribution is 2.68. The zero-order valence-corrected chi connectivity index (χ0v) is 21.8. The maximum atomic E-state index is 13.1. The van der Waals surface area contributed by atoms with E-state index in [2.05, 4.69) is 51.8 Å². The van der Waals surface area contributed by atoms with Gasteiger partial charge in [-0.15, -0.1) is 0 Å². The van der Waals surface area contributed by atoms with Gasteiger partial charge in [-0.25, -0.2) is 4.79 Å². The molecular weight excluding hydrogens is 412 g/mol. The number of amides is 1. The van der Waals surface area contributed by atoms with E-state index in [1.54, 1.807) is 0 Å². The van der Waals surface area contributed by atoms with Gasteiger partial charge in [0.1, 0.15) is 11.9 Å². The number of unbranched alkanes of at least 4 members (excludes halogenated alkanes) is 3. The number of carbonyl (C=O) groups is 1. The number of hydrogen-bond donors (Lipinski definition) is 1. The van der Waals surface area contributed by atoms with E-state index in [0.29, 0.717) is 29.9 Å². The molecule has 1 amide bonds. The summed E-state index contributed by atoms with van der Waals surface area (Å²) in [5.41, 5.74) is 0.850. The van der Waals surface area contributed by atoms with Gasteiger partial charge in [-0.05, 0) is 55.8 Å². The van der Waals surface area contributed by atoms with Crippen molar-refractivity contribution in [2.45, 2.75) is 86.2 Å². The summed E-state index contributed by atoms with van der Waals surface area (Å²) < 4.78 is 12.3. The van der Waals surface area contributed by atoms with Gasteiger partial charge < -0.3 is 14.4 Å². The Labute approximate surface area is 201 Å². The molecule has 0 heterocycles. The van der Waals surface area contributed by atoms with Crippen molar-refractivity contribution in [3.63, 3.8) is 0 Å². The Morgan fingerprint density at radius 1 is 1.09 bits per heavy atom. The molecule has 5 heteroatoms. The molecule has 4 atom stereocenters. The first-order chi connectivity index (χ1) is 15.8. The number of hydrogen-bond acceptors (Lipinski definition) is 4. The van der Waals surface area contributed by atoms with E-state index in [1.807, 2.05) is 24.3 Å². The second kappa shape index (κ2) is 11.1. The highest BCUT2D eigenvalue weighted by molar-refractivity contribution is 5.86. The summed E-state index contributed by atoms with van der Waals surface area (Å²) >= 11 is 0. The van der Waals surface area contributed by atoms with Crippen LogP contribution in [0, 0.1) is 22.7 Å². The van der Waals surface area contributed by atoms with Crippen molar-refractivity contribution in [3.05, 3.63) is 24.3 Å². The molecule has 2 aliphatic carbocycles. The number of nitrogens with one attached hydrogen (secondary N) is 1. The highest BCUT2D eigenvalue weighted by atomic mass is 16.6. The second-order valence-corrected chi connectivity index (χ2v) is 10.8. The molecule has 186 valence electrons. The minimum atomic E-state index is -0.365. The van der Waals surface area contributed by atoms with E-state index < -0.39 is 0 Å². The predicted molar refractivity (Wildman–Crippen MR) is 136 cm³/mol. The standard InChI is InChI=1S/C28H46N2O3/c1-7-10-11-14-19-32-24-16-13-12-15-23(24)29-26(31)33-25-21(20-30(8-2)9-3)22-17-18-28(25,6)27(22,4)5/h12-13,15-16,21-22,25H,7-11,14,17-20H2,1-6H3,(H,29,31)/t21-,22+,25+,28-/m1/s1. The van der Waals surface area contributed by atoms with Crippen molar-refractivity contribution in [2.75, 3.05) is 31.6 Å². The van der Waals surface area contributed by atoms with E-state index in [4.69, 9.17) is 9.47 Å². The van der Waals surface area contributed by atoms with Crippen LogP contribution in [0.5, 0.6) is 5.75 Å². The highest BCUT2D eigenvalue weighted by Gasteiger charge is 2.67. The summed E-state index contributed by atoms with van der Waals surface area (Å²) in [5.74, 6) is 1.67. The number of rotatable bonds is 12. The number of anilines is 1. The van der Waals surface area contributed by atoms with E-state index >= 15 is 0 Å². The molecule has 0 radical (unpaired) electrons. The van der Waals surface area contributed by atoms with E-state index in [1.165, 1.54) is 25.7 Å². The van der Waals surface area contributed by atoms with Crippen LogP contribution in [0.15, 0.2) is 24.3 Å². The average molecular weight is 459 g/mol. The number of nitrogens with zero attached hydrogens (tertiary/aromatic N) is 1. The molecule has 2 saturated carbocycles. The third kappa shape index (κ3) is 5.34. The van der Waals surface area contributed by atoms with Gasteiger partial charge in [-0.1, -0.05) is 72.9 Å². The van der Waals surface area contributed by atoms with Crippen molar-refractivity contribution < 1.29 is 14.3 Å². The van der Waals surface area contributed by atoms with Crippen LogP contribution in [0.25, 0.3) is 0 Å². The Morgan fingerprint density at radius 3 is 2.52 bits per heavy atom. The van der Waals surface area contributed by atoms with Crippen LogP contribution in [0.4, 0.5) is 10.5 Å². The van der Waals surface area contributed by atoms with E-state index in [-0.39, 0.29) is 23.0 Å². The first-order valence-electron chi connectivity index (χ1n) is 13.2. The lowest BCUT2D eigenvalue weighted by atomic mass is 9.70. The predicted octanol–water partition coefficient (Wildman–Crippen LogP) is 6.98. The summed E-state index contributed by atoms with van der Waals surface area (Å²) in [7, 11) is 0. The van der Waals surface area contributed by atoms with Crippen LogP contribution >= 0.6 is 0 Å². The fraction of sp³-hybridized carbons (Fsp3) is 0.750. The molecule has 2 bridgehead atoms. The smallest absolute Gasteiger partial charge is 0.412 e. The number of fused-ring (bicyclic) bond motifs is 2. The second-order valence-electron chi connectivity index (χ2n) is 10.8. The molecule has 0 unspecified atom stereocenters. The van der Waals surface area contributed by atoms with E-state index in [0.717, 1.165) is 32.5 Å². The molecule has 1 aromatic rings. The van der Waals surface area contributed by atoms with Gasteiger partial charge in [0, 0.05) is 17.9 Å². The quantitative estimate of drug-likeness (QED) is 0.343. The first-order valence-corrected chi connectivity index (χ1v) is 13.2. The van der Waals surface area contributed by atoms with Crippen molar-refractivity contribution in [3.8, 4) is 5.75 Å². The molecule has 1 N–H and O–H groups in total. The molecule has 2 aliphatic rings. The fourth-order valence-electron chi connectivity index (χ4n) is 6.39. The number of ether oxygens (including phenoxy) is 2. The van der Waals surface area contributed by atoms with Crippen molar-refractivity contribution in [2.24, 2.45) is 22.7 Å². The van der Waals surface area contributed by atoms with Gasteiger partial charge >= 0.3 is 6.09 Å². The summed E-state index contributed by atoms with van der Waals surface area (Å²) in [4.78, 5) is 15.6. The van der Waals surface area contributed by atoms with Crippen molar-refractivity contribution >= 4 is 11.8 Å². The largest absolute Gasteiger partial charge is 0.491 e. The van der Waals surface area contributed by atoms with Crippen LogP contribution < -0.4 is 10.1 Å². The average Bonchev–Trinajstić information content (AvgIpc) is 3.11. The molecule has 1 aromatic carbocycles. The van der Waals surface area contributed by atoms with Crippen LogP contribution in [-0.4, -0.2) is 43.3 Å². The maximum absolute atomic E-state index is 13.1. The van der Waals surface area contributed by atoms with Crippen LogP contribution in [-0.2, 0) is 4.74 Å². The molecule has 2 fully saturated rings. The lowest BCUT2D eigenvalue weighted by Crippen LogP contribution is -2.45. The number of benzene rings is 1. The number of carbonyl (C=O) groups excluding carboxylic acids is 1. The first kappa shape index (κ1) is 25.9. The van der Waals surface area contributed by atoms with E-state index in [9.17, 15) is 4.79 Å². The third-order valence-corrected chi connectivity index (χ3v) is 8.88. The molecule has 3 rings (SSSR count). The van der Waals surface area contributed by atoms with Crippen LogP contribution in [0.3, 0.4) is 0 Å². The van der Waals surface area contributed by atoms with Crippen molar-refractivity contribution in [1.82, 2.24) is 4.90 Å². The maximum Gasteiger partial charge on any atom is 0.412 e. The van der Waals surface area contributed by atoms with Gasteiger partial charge in [-0.3, -0.25) is 5.32 Å². The Balaban J connectivity index is 1.68. The minimum absolute atomic E-state index is 0.00210. The monoisotopic (exact) mass is 458 g/mol. The SMILES string of the molecule is CCCCCCOc1ccccc1NC(=O)O[C@H]1[C@H](CN(CC)CC)[C@@H]2CC[C@@]1(C)C2(C)C. The Kier molecular flexibility index (Phi) is 8.71. The Hall–Kier alpha value is -1.75. The zero-order chi connectivity index (χ0) is 24.1. The Morgan fingerprint density at radius 2 is 1.82 bits per heavy atom. The van der Waals surface area contributed by atoms with Gasteiger partial charge in [0.05, 0.1) is 12.3 Å². The lowest BCUT2D eigenvalue weighted by molar-refractivity contribution is -0.0258. The normalized spacial score (nSPS) is 27.7. The summed E-state index contributed by atoms with van der Waals surface area (Å²) in [6.45, 7) is 17.4. The summed E-state index contributed by atoms with van der Waals surface area (Å²) in [5, 5.41) is 3.00. The molecule has 33 heavy (non-hydrogen) atoms. The molecule has 5 nitrogen and oxygen atoms in total. The van der Waals surface area contributed by atoms with Gasteiger partial charge in [0.25, 0.3) is 0 Å². The topological polar surface area (TPSA) is 50.8 Å². The molecule has 0 aliphatic heterocycles. The van der Waals surface area contributed by atoms with Gasteiger partial charge in [0.2, 0.25) is 0 Å².